The first-order chi connectivity index (χ1) is 13.0. The van der Waals surface area contributed by atoms with Crippen LogP contribution in [0.2, 0.25) is 0 Å². The van der Waals surface area contributed by atoms with Gasteiger partial charge in [-0.3, -0.25) is 14.9 Å². The Balaban J connectivity index is 1.70. The Hall–Kier alpha value is -3.74. The van der Waals surface area contributed by atoms with Crippen LogP contribution in [0.4, 0.5) is 5.69 Å². The number of esters is 1. The van der Waals surface area contributed by atoms with E-state index in [4.69, 9.17) is 9.15 Å². The van der Waals surface area contributed by atoms with Crippen LogP contribution in [-0.4, -0.2) is 16.7 Å². The van der Waals surface area contributed by atoms with Crippen LogP contribution in [0.25, 0.3) is 11.3 Å². The fraction of sp³-hybridized carbons (Fsp3) is 0.100. The van der Waals surface area contributed by atoms with Crippen molar-refractivity contribution in [3.63, 3.8) is 0 Å². The van der Waals surface area contributed by atoms with Gasteiger partial charge in [-0.25, -0.2) is 4.79 Å². The predicted molar refractivity (Wildman–Crippen MR) is 96.4 cm³/mol. The molecule has 1 heterocycles. The lowest BCUT2D eigenvalue weighted by molar-refractivity contribution is -0.385. The maximum absolute atomic E-state index is 12.2. The van der Waals surface area contributed by atoms with Crippen LogP contribution in [0.1, 0.15) is 33.4 Å². The smallest absolute Gasteiger partial charge is 0.374 e. The third-order valence-corrected chi connectivity index (χ3v) is 3.93. The van der Waals surface area contributed by atoms with Gasteiger partial charge in [0, 0.05) is 17.2 Å². The minimum absolute atomic E-state index is 0.0146. The average molecular weight is 365 g/mol. The molecule has 0 fully saturated rings. The zero-order valence-corrected chi connectivity index (χ0v) is 14.4. The Bertz CT molecular complexity index is 1000. The molecule has 136 valence electrons. The predicted octanol–water partition coefficient (Wildman–Crippen LogP) is 4.41. The third kappa shape index (κ3) is 4.09. The molecule has 7 nitrogen and oxygen atoms in total. The number of nitro benzene ring substituents is 1. The first kappa shape index (κ1) is 18.1. The lowest BCUT2D eigenvalue weighted by Gasteiger charge is -2.04. The number of ether oxygens (including phenoxy) is 1. The highest BCUT2D eigenvalue weighted by Crippen LogP contribution is 2.24. The zero-order valence-electron chi connectivity index (χ0n) is 14.4. The number of hydrogen-bond acceptors (Lipinski definition) is 6. The molecule has 3 rings (SSSR count). The fourth-order valence-electron chi connectivity index (χ4n) is 2.50. The number of carbonyl (C=O) groups is 2. The average Bonchev–Trinajstić information content (AvgIpc) is 3.16. The van der Waals surface area contributed by atoms with E-state index < -0.39 is 10.9 Å². The molecule has 27 heavy (non-hydrogen) atoms. The Kier molecular flexibility index (Phi) is 5.12. The molecule has 0 spiro atoms. The van der Waals surface area contributed by atoms with E-state index in [2.05, 4.69) is 0 Å². The van der Waals surface area contributed by atoms with Crippen molar-refractivity contribution in [1.82, 2.24) is 0 Å². The quantitative estimate of drug-likeness (QED) is 0.277. The van der Waals surface area contributed by atoms with Gasteiger partial charge >= 0.3 is 5.97 Å². The number of benzene rings is 2. The highest BCUT2D eigenvalue weighted by atomic mass is 16.6. The molecule has 1 aromatic heterocycles. The normalized spacial score (nSPS) is 10.4. The van der Waals surface area contributed by atoms with E-state index in [9.17, 15) is 19.7 Å². The molecule has 0 N–H and O–H groups in total. The Morgan fingerprint density at radius 2 is 1.74 bits per heavy atom. The van der Waals surface area contributed by atoms with Crippen LogP contribution in [0.5, 0.6) is 0 Å². The van der Waals surface area contributed by atoms with Crippen molar-refractivity contribution in [3.8, 4) is 11.3 Å². The van der Waals surface area contributed by atoms with Crippen LogP contribution in [0.15, 0.2) is 65.1 Å². The first-order valence-corrected chi connectivity index (χ1v) is 8.06. The maximum Gasteiger partial charge on any atom is 0.374 e. The molecule has 0 aliphatic heterocycles. The standard InChI is InChI=1S/C20H15NO6/c1-13(22)14-6-8-15(9-7-14)18-10-11-19(27-18)20(23)26-12-16-4-2-3-5-17(16)21(24)25/h2-11H,12H2,1H3. The van der Waals surface area contributed by atoms with E-state index >= 15 is 0 Å². The van der Waals surface area contributed by atoms with E-state index in [1.165, 1.54) is 25.1 Å². The number of para-hydroxylation sites is 1. The summed E-state index contributed by atoms with van der Waals surface area (Å²) < 4.78 is 10.6. The van der Waals surface area contributed by atoms with Crippen molar-refractivity contribution in [1.29, 1.82) is 0 Å². The molecule has 2 aromatic carbocycles. The summed E-state index contributed by atoms with van der Waals surface area (Å²) >= 11 is 0. The second-order valence-corrected chi connectivity index (χ2v) is 5.76. The molecule has 0 saturated carbocycles. The van der Waals surface area contributed by atoms with E-state index in [0.717, 1.165) is 0 Å². The summed E-state index contributed by atoms with van der Waals surface area (Å²) in [6.07, 6.45) is 0. The summed E-state index contributed by atoms with van der Waals surface area (Å²) in [5, 5.41) is 11.0. The molecule has 0 aliphatic rings. The number of nitro groups is 1. The van der Waals surface area contributed by atoms with Gasteiger partial charge in [0.05, 0.1) is 10.5 Å². The number of carbonyl (C=O) groups excluding carboxylic acids is 2. The number of nitrogens with zero attached hydrogens (tertiary/aromatic N) is 1. The second-order valence-electron chi connectivity index (χ2n) is 5.76. The van der Waals surface area contributed by atoms with Gasteiger partial charge in [0.25, 0.3) is 5.69 Å². The number of ketones is 1. The van der Waals surface area contributed by atoms with Crippen molar-refractivity contribution in [2.75, 3.05) is 0 Å². The van der Waals surface area contributed by atoms with Crippen LogP contribution >= 0.6 is 0 Å². The van der Waals surface area contributed by atoms with Crippen molar-refractivity contribution >= 4 is 17.4 Å². The van der Waals surface area contributed by atoms with Crippen molar-refractivity contribution in [2.24, 2.45) is 0 Å². The van der Waals surface area contributed by atoms with Gasteiger partial charge in [-0.2, -0.15) is 0 Å². The summed E-state index contributed by atoms with van der Waals surface area (Å²) in [4.78, 5) is 33.9. The van der Waals surface area contributed by atoms with Crippen molar-refractivity contribution < 1.29 is 23.7 Å². The zero-order chi connectivity index (χ0) is 19.4. The molecule has 3 aromatic rings. The minimum atomic E-state index is -0.722. The van der Waals surface area contributed by atoms with Gasteiger partial charge in [0.1, 0.15) is 12.4 Å². The summed E-state index contributed by atoms with van der Waals surface area (Å²) in [5.41, 5.74) is 1.46. The molecule has 0 amide bonds. The molecular weight excluding hydrogens is 350 g/mol. The van der Waals surface area contributed by atoms with Crippen molar-refractivity contribution in [2.45, 2.75) is 13.5 Å². The van der Waals surface area contributed by atoms with Gasteiger partial charge in [-0.1, -0.05) is 36.4 Å². The van der Waals surface area contributed by atoms with Crippen LogP contribution in [0, 0.1) is 10.1 Å². The lowest BCUT2D eigenvalue weighted by atomic mass is 10.1. The Morgan fingerprint density at radius 1 is 1.04 bits per heavy atom. The largest absolute Gasteiger partial charge is 0.455 e. The first-order valence-electron chi connectivity index (χ1n) is 8.06. The van der Waals surface area contributed by atoms with Gasteiger partial charge in [0.2, 0.25) is 5.76 Å². The SMILES string of the molecule is CC(=O)c1ccc(-c2ccc(C(=O)OCc3ccccc3[N+](=O)[O-])o2)cc1. The number of furan rings is 1. The summed E-state index contributed by atoms with van der Waals surface area (Å²) in [5.74, 6) is -0.331. The monoisotopic (exact) mass is 365 g/mol. The molecule has 0 bridgehead atoms. The molecule has 0 unspecified atom stereocenters. The molecule has 0 radical (unpaired) electrons. The van der Waals surface area contributed by atoms with Gasteiger partial charge in [0.15, 0.2) is 5.78 Å². The highest BCUT2D eigenvalue weighted by Gasteiger charge is 2.17. The Morgan fingerprint density at radius 3 is 2.41 bits per heavy atom. The number of hydrogen-bond donors (Lipinski definition) is 0. The third-order valence-electron chi connectivity index (χ3n) is 3.93. The van der Waals surface area contributed by atoms with Gasteiger partial charge in [-0.05, 0) is 25.1 Å². The second kappa shape index (κ2) is 7.65. The van der Waals surface area contributed by atoms with Gasteiger partial charge in [-0.15, -0.1) is 0 Å². The van der Waals surface area contributed by atoms with Crippen LogP contribution in [-0.2, 0) is 11.3 Å². The van der Waals surface area contributed by atoms with E-state index in [1.54, 1.807) is 42.5 Å². The molecule has 7 heteroatoms. The van der Waals surface area contributed by atoms with E-state index in [-0.39, 0.29) is 23.8 Å². The number of Topliss-reactive ketones (excluding diaryl/α,β-unsaturated/α-hetero) is 1. The highest BCUT2D eigenvalue weighted by molar-refractivity contribution is 5.94. The molecular formula is C20H15NO6. The summed E-state index contributed by atoms with van der Waals surface area (Å²) in [6.45, 7) is 1.24. The van der Waals surface area contributed by atoms with Crippen molar-refractivity contribution in [3.05, 3.63) is 87.7 Å². The van der Waals surface area contributed by atoms with E-state index in [0.29, 0.717) is 22.5 Å². The topological polar surface area (TPSA) is 99.7 Å². The van der Waals surface area contributed by atoms with Crippen LogP contribution < -0.4 is 0 Å². The van der Waals surface area contributed by atoms with Gasteiger partial charge < -0.3 is 9.15 Å². The summed E-state index contributed by atoms with van der Waals surface area (Å²) in [6, 6.07) is 15.9. The minimum Gasteiger partial charge on any atom is -0.455 e. The lowest BCUT2D eigenvalue weighted by Crippen LogP contribution is -2.05. The fourth-order valence-corrected chi connectivity index (χ4v) is 2.50. The Labute approximate surface area is 154 Å². The molecule has 0 atom stereocenters. The van der Waals surface area contributed by atoms with E-state index in [1.807, 2.05) is 0 Å². The molecule has 0 saturated heterocycles. The molecule has 0 aliphatic carbocycles. The maximum atomic E-state index is 12.2. The summed E-state index contributed by atoms with van der Waals surface area (Å²) in [7, 11) is 0. The van der Waals surface area contributed by atoms with Crippen LogP contribution in [0.3, 0.4) is 0 Å². The number of rotatable bonds is 6.